The average Bonchev–Trinajstić information content (AvgIpc) is 3.77. The van der Waals surface area contributed by atoms with E-state index < -0.39 is 0 Å². The summed E-state index contributed by atoms with van der Waals surface area (Å²) in [6.45, 7) is 0. The Morgan fingerprint density at radius 2 is 0.635 bits per heavy atom. The quantitative estimate of drug-likeness (QED) is 0.173. The van der Waals surface area contributed by atoms with Crippen molar-refractivity contribution >= 4 is 97.7 Å². The summed E-state index contributed by atoms with van der Waals surface area (Å²) < 4.78 is 12.7. The molecule has 240 valence electrons. The van der Waals surface area contributed by atoms with Crippen LogP contribution in [0.25, 0.3) is 120 Å². The number of benzene rings is 10. The van der Waals surface area contributed by atoms with Gasteiger partial charge in [-0.25, -0.2) is 0 Å². The van der Waals surface area contributed by atoms with Crippen LogP contribution in [0, 0.1) is 0 Å². The molecule has 10 aromatic carbocycles. The summed E-state index contributed by atoms with van der Waals surface area (Å²) in [5, 5.41) is 17.0. The predicted molar refractivity (Wildman–Crippen MR) is 219 cm³/mol. The number of para-hydroxylation sites is 1. The highest BCUT2D eigenvalue weighted by Gasteiger charge is 2.16. The van der Waals surface area contributed by atoms with Crippen molar-refractivity contribution in [2.45, 2.75) is 0 Å². The van der Waals surface area contributed by atoms with E-state index in [9.17, 15) is 0 Å². The van der Waals surface area contributed by atoms with E-state index in [-0.39, 0.29) is 0 Å². The summed E-state index contributed by atoms with van der Waals surface area (Å²) in [5.41, 5.74) is 8.35. The van der Waals surface area contributed by atoms with E-state index >= 15 is 0 Å². The van der Waals surface area contributed by atoms with Gasteiger partial charge in [-0.1, -0.05) is 115 Å². The van der Waals surface area contributed by atoms with Crippen LogP contribution >= 0.6 is 0 Å². The zero-order valence-corrected chi connectivity index (χ0v) is 28.0. The van der Waals surface area contributed by atoms with E-state index in [2.05, 4.69) is 158 Å². The van der Waals surface area contributed by atoms with Crippen LogP contribution in [0.1, 0.15) is 0 Å². The maximum atomic E-state index is 6.39. The first-order valence-corrected chi connectivity index (χ1v) is 17.8. The van der Waals surface area contributed by atoms with Gasteiger partial charge in [0, 0.05) is 21.5 Å². The first-order chi connectivity index (χ1) is 25.7. The normalized spacial score (nSPS) is 12.2. The fourth-order valence-corrected chi connectivity index (χ4v) is 8.67. The summed E-state index contributed by atoms with van der Waals surface area (Å²) >= 11 is 0. The fraction of sp³-hybridized carbons (Fsp3) is 0. The van der Waals surface area contributed by atoms with Crippen molar-refractivity contribution in [2.24, 2.45) is 0 Å². The summed E-state index contributed by atoms with van der Waals surface area (Å²) in [5.74, 6) is 0. The largest absolute Gasteiger partial charge is 0.456 e. The van der Waals surface area contributed by atoms with Crippen LogP contribution in [0.15, 0.2) is 179 Å². The smallest absolute Gasteiger partial charge is 0.136 e. The zero-order valence-electron chi connectivity index (χ0n) is 28.0. The molecule has 2 heteroatoms. The van der Waals surface area contributed by atoms with E-state index in [1.165, 1.54) is 70.6 Å². The van der Waals surface area contributed by atoms with Gasteiger partial charge in [-0.05, 0) is 131 Å². The lowest BCUT2D eigenvalue weighted by Crippen LogP contribution is -1.85. The predicted octanol–water partition coefficient (Wildman–Crippen LogP) is 14.6. The second-order valence-electron chi connectivity index (χ2n) is 14.0. The number of furan rings is 2. The molecule has 0 spiro atoms. The Morgan fingerprint density at radius 1 is 0.212 bits per heavy atom. The zero-order chi connectivity index (χ0) is 33.9. The molecule has 0 radical (unpaired) electrons. The van der Waals surface area contributed by atoms with Crippen LogP contribution in [0.3, 0.4) is 0 Å². The Kier molecular flexibility index (Phi) is 5.53. The number of hydrogen-bond donors (Lipinski definition) is 0. The lowest BCUT2D eigenvalue weighted by molar-refractivity contribution is 0.669. The molecule has 0 bridgehead atoms. The molecule has 0 saturated carbocycles. The van der Waals surface area contributed by atoms with Crippen LogP contribution < -0.4 is 0 Å². The number of rotatable bonds is 2. The third-order valence-corrected chi connectivity index (χ3v) is 11.2. The van der Waals surface area contributed by atoms with E-state index in [0.29, 0.717) is 0 Å². The summed E-state index contributed by atoms with van der Waals surface area (Å²) in [4.78, 5) is 0. The maximum Gasteiger partial charge on any atom is 0.136 e. The minimum Gasteiger partial charge on any atom is -0.456 e. The van der Waals surface area contributed by atoms with Gasteiger partial charge in [0.15, 0.2) is 0 Å². The second-order valence-corrected chi connectivity index (χ2v) is 14.0. The van der Waals surface area contributed by atoms with Crippen LogP contribution in [-0.2, 0) is 0 Å². The molecule has 0 saturated heterocycles. The third kappa shape index (κ3) is 3.95. The van der Waals surface area contributed by atoms with Crippen LogP contribution in [0.2, 0.25) is 0 Å². The van der Waals surface area contributed by atoms with Crippen LogP contribution in [0.5, 0.6) is 0 Å². The molecule has 0 atom stereocenters. The van der Waals surface area contributed by atoms with Crippen LogP contribution in [0.4, 0.5) is 0 Å². The molecular formula is C50H28O2. The van der Waals surface area contributed by atoms with Crippen molar-refractivity contribution in [3.05, 3.63) is 170 Å². The highest BCUT2D eigenvalue weighted by molar-refractivity contribution is 6.28. The molecule has 0 aliphatic rings. The molecule has 2 nitrogen and oxygen atoms in total. The van der Waals surface area contributed by atoms with E-state index in [1.54, 1.807) is 0 Å². The van der Waals surface area contributed by atoms with Gasteiger partial charge in [-0.2, -0.15) is 0 Å². The Morgan fingerprint density at radius 3 is 1.37 bits per heavy atom. The lowest BCUT2D eigenvalue weighted by Gasteiger charge is -2.12. The Hall–Kier alpha value is -6.90. The van der Waals surface area contributed by atoms with E-state index in [0.717, 1.165) is 49.4 Å². The van der Waals surface area contributed by atoms with Gasteiger partial charge in [-0.15, -0.1) is 0 Å². The molecule has 2 aromatic heterocycles. The highest BCUT2D eigenvalue weighted by Crippen LogP contribution is 2.42. The van der Waals surface area contributed by atoms with Crippen molar-refractivity contribution < 1.29 is 8.83 Å². The molecule has 0 aliphatic carbocycles. The fourth-order valence-electron chi connectivity index (χ4n) is 8.67. The first kappa shape index (κ1) is 27.9. The van der Waals surface area contributed by atoms with Crippen molar-refractivity contribution in [1.29, 1.82) is 0 Å². The second kappa shape index (κ2) is 10.3. The summed E-state index contributed by atoms with van der Waals surface area (Å²) in [7, 11) is 0. The number of hydrogen-bond acceptors (Lipinski definition) is 2. The van der Waals surface area contributed by atoms with Crippen LogP contribution in [-0.4, -0.2) is 0 Å². The number of fused-ring (bicyclic) bond motifs is 15. The van der Waals surface area contributed by atoms with Gasteiger partial charge in [-0.3, -0.25) is 0 Å². The molecule has 0 N–H and O–H groups in total. The van der Waals surface area contributed by atoms with E-state index in [1.807, 2.05) is 12.1 Å². The molecule has 12 rings (SSSR count). The highest BCUT2D eigenvalue weighted by atomic mass is 16.3. The molecule has 12 aromatic rings. The molecule has 2 heterocycles. The minimum atomic E-state index is 0.896. The average molecular weight is 661 g/mol. The van der Waals surface area contributed by atoms with Crippen molar-refractivity contribution in [3.63, 3.8) is 0 Å². The van der Waals surface area contributed by atoms with Gasteiger partial charge >= 0.3 is 0 Å². The van der Waals surface area contributed by atoms with Gasteiger partial charge in [0.1, 0.15) is 22.3 Å². The first-order valence-electron chi connectivity index (χ1n) is 17.8. The van der Waals surface area contributed by atoms with Gasteiger partial charge in [0.05, 0.1) is 0 Å². The summed E-state index contributed by atoms with van der Waals surface area (Å²) in [6, 6.07) is 61.6. The Labute approximate surface area is 297 Å². The van der Waals surface area contributed by atoms with Crippen molar-refractivity contribution in [3.8, 4) is 22.3 Å². The van der Waals surface area contributed by atoms with Gasteiger partial charge in [0.25, 0.3) is 0 Å². The molecule has 0 amide bonds. The monoisotopic (exact) mass is 660 g/mol. The molecule has 52 heavy (non-hydrogen) atoms. The molecular weight excluding hydrogens is 633 g/mol. The molecule has 0 unspecified atom stereocenters. The Balaban J connectivity index is 1.03. The van der Waals surface area contributed by atoms with Gasteiger partial charge < -0.3 is 8.83 Å². The summed E-state index contributed by atoms with van der Waals surface area (Å²) in [6.07, 6.45) is 0. The van der Waals surface area contributed by atoms with Crippen molar-refractivity contribution in [1.82, 2.24) is 0 Å². The SMILES string of the molecule is c1ccc2c(c1)ccc1ccc(-c3ccc4oc5ccc(-c6ccc7c(c6)c6ccccc6c6cc8c(cc76)oc6ccccc68)cc5c4c3)cc12. The third-order valence-electron chi connectivity index (χ3n) is 11.2. The standard InChI is InChI=1S/C50H28O2/c1-2-8-35-29(7-1)13-14-30-15-16-31(23-40(30)35)33-18-21-48-44(25-33)45-26-34(19-22-49(45)51-48)32-17-20-38-41(24-32)36-9-3-4-10-37(36)42-27-46-39-11-5-6-12-47(39)52-50(46)28-43(38)42/h1-28H. The lowest BCUT2D eigenvalue weighted by atomic mass is 9.91. The minimum absolute atomic E-state index is 0.896. The van der Waals surface area contributed by atoms with E-state index in [4.69, 9.17) is 8.83 Å². The Bertz CT molecular complexity index is 3470. The topological polar surface area (TPSA) is 26.3 Å². The molecule has 0 fully saturated rings. The molecule has 0 aliphatic heterocycles. The maximum absolute atomic E-state index is 6.39. The van der Waals surface area contributed by atoms with Crippen molar-refractivity contribution in [2.75, 3.05) is 0 Å². The van der Waals surface area contributed by atoms with Gasteiger partial charge in [0.2, 0.25) is 0 Å².